The van der Waals surface area contributed by atoms with E-state index in [1.807, 2.05) is 30.3 Å². The number of carboxylic acid groups (broad SMARTS) is 1. The van der Waals surface area contributed by atoms with E-state index in [4.69, 9.17) is 4.74 Å². The monoisotopic (exact) mass is 482 g/mol. The van der Waals surface area contributed by atoms with E-state index in [0.717, 1.165) is 30.8 Å². The summed E-state index contributed by atoms with van der Waals surface area (Å²) >= 11 is 0. The van der Waals surface area contributed by atoms with Crippen LogP contribution in [0, 0.1) is 0 Å². The molecule has 3 aromatic carbocycles. The Morgan fingerprint density at radius 1 is 0.912 bits per heavy atom. The van der Waals surface area contributed by atoms with Crippen molar-refractivity contribution in [2.45, 2.75) is 12.8 Å². The normalized spacial score (nSPS) is 13.2. The Morgan fingerprint density at radius 2 is 1.65 bits per heavy atom. The molecule has 0 atom stereocenters. The fourth-order valence-corrected chi connectivity index (χ4v) is 3.92. The number of anilines is 1. The molecule has 1 aliphatic rings. The van der Waals surface area contributed by atoms with E-state index in [-0.39, 0.29) is 35.0 Å². The lowest BCUT2D eigenvalue weighted by Gasteiger charge is -2.16. The Balaban J connectivity index is 0.00000324. The third-order valence-electron chi connectivity index (χ3n) is 5.69. The van der Waals surface area contributed by atoms with Gasteiger partial charge in [-0.25, -0.2) is 4.79 Å². The zero-order valence-electron chi connectivity index (χ0n) is 18.6. The smallest absolute Gasteiger partial charge is 0.337 e. The molecule has 0 unspecified atom stereocenters. The van der Waals surface area contributed by atoms with Crippen LogP contribution in [0.25, 0.3) is 11.1 Å². The molecule has 0 aliphatic carbocycles. The summed E-state index contributed by atoms with van der Waals surface area (Å²) in [7, 11) is 0. The summed E-state index contributed by atoms with van der Waals surface area (Å²) in [5.74, 6) is -1.53. The zero-order valence-corrected chi connectivity index (χ0v) is 19.4. The van der Waals surface area contributed by atoms with Gasteiger partial charge in [-0.05, 0) is 67.4 Å². The number of amides is 1. The number of ether oxygens (including phenoxy) is 1. The maximum atomic E-state index is 13.0. The van der Waals surface area contributed by atoms with E-state index in [1.165, 1.54) is 31.0 Å². The van der Waals surface area contributed by atoms with E-state index in [1.54, 1.807) is 18.2 Å². The fraction of sp³-hybridized carbons (Fsp3) is 0.231. The number of rotatable bonds is 8. The topological polar surface area (TPSA) is 99.1 Å². The Hall–Kier alpha value is -3.55. The molecule has 178 valence electrons. The summed E-state index contributed by atoms with van der Waals surface area (Å²) in [5, 5.41) is 22.5. The number of nitrogens with zero attached hydrogens (tertiary/aromatic N) is 1. The van der Waals surface area contributed by atoms with Gasteiger partial charge in [0.25, 0.3) is 5.91 Å². The van der Waals surface area contributed by atoms with Crippen molar-refractivity contribution in [3.05, 3.63) is 77.9 Å². The number of nitrogens with one attached hydrogen (secondary N) is 1. The van der Waals surface area contributed by atoms with Crippen LogP contribution in [-0.4, -0.2) is 53.2 Å². The molecule has 0 saturated carbocycles. The van der Waals surface area contributed by atoms with Gasteiger partial charge in [0.05, 0.1) is 16.8 Å². The Kier molecular flexibility index (Phi) is 8.51. The number of phenolic OH excluding ortho intramolecular Hbond substituents is 1. The fourth-order valence-electron chi connectivity index (χ4n) is 3.92. The molecule has 34 heavy (non-hydrogen) atoms. The van der Waals surface area contributed by atoms with E-state index in [0.29, 0.717) is 12.4 Å². The first-order valence-corrected chi connectivity index (χ1v) is 10.9. The van der Waals surface area contributed by atoms with Gasteiger partial charge >= 0.3 is 5.97 Å². The van der Waals surface area contributed by atoms with Crippen molar-refractivity contribution in [2.75, 3.05) is 31.6 Å². The van der Waals surface area contributed by atoms with Gasteiger partial charge < -0.3 is 20.3 Å². The molecule has 1 fully saturated rings. The number of halogens is 1. The van der Waals surface area contributed by atoms with Crippen molar-refractivity contribution in [1.82, 2.24) is 4.90 Å². The molecule has 0 radical (unpaired) electrons. The summed E-state index contributed by atoms with van der Waals surface area (Å²) in [6, 6.07) is 18.7. The van der Waals surface area contributed by atoms with Crippen LogP contribution in [0.1, 0.15) is 33.6 Å². The summed E-state index contributed by atoms with van der Waals surface area (Å²) in [5.41, 5.74) is 1.77. The Morgan fingerprint density at radius 3 is 2.35 bits per heavy atom. The minimum Gasteiger partial charge on any atom is -0.507 e. The van der Waals surface area contributed by atoms with Crippen LogP contribution < -0.4 is 10.1 Å². The second kappa shape index (κ2) is 11.5. The summed E-state index contributed by atoms with van der Waals surface area (Å²) in [6.45, 7) is 3.42. The van der Waals surface area contributed by atoms with Gasteiger partial charge in [0.2, 0.25) is 0 Å². The van der Waals surface area contributed by atoms with Crippen molar-refractivity contribution in [3.8, 4) is 22.6 Å². The van der Waals surface area contributed by atoms with Gasteiger partial charge in [-0.1, -0.05) is 36.4 Å². The molecule has 8 heteroatoms. The molecule has 7 nitrogen and oxygen atoms in total. The minimum atomic E-state index is -1.16. The molecule has 3 N–H and O–H groups in total. The number of hydrogen-bond donors (Lipinski definition) is 3. The first-order valence-electron chi connectivity index (χ1n) is 10.9. The van der Waals surface area contributed by atoms with E-state index >= 15 is 0 Å². The lowest BCUT2D eigenvalue weighted by atomic mass is 10.0. The lowest BCUT2D eigenvalue weighted by Crippen LogP contribution is -2.25. The van der Waals surface area contributed by atoms with Gasteiger partial charge in [-0.2, -0.15) is 0 Å². The third-order valence-corrected chi connectivity index (χ3v) is 5.69. The number of benzene rings is 3. The molecule has 1 saturated heterocycles. The van der Waals surface area contributed by atoms with Crippen LogP contribution in [0.4, 0.5) is 5.69 Å². The highest BCUT2D eigenvalue weighted by atomic mass is 35.5. The minimum absolute atomic E-state index is 0. The van der Waals surface area contributed by atoms with Crippen LogP contribution in [0.3, 0.4) is 0 Å². The molecule has 0 bridgehead atoms. The number of aromatic hydroxyl groups is 1. The van der Waals surface area contributed by atoms with E-state index in [9.17, 15) is 19.8 Å². The number of phenols is 1. The van der Waals surface area contributed by atoms with Crippen molar-refractivity contribution < 1.29 is 24.5 Å². The largest absolute Gasteiger partial charge is 0.507 e. The van der Waals surface area contributed by atoms with E-state index in [2.05, 4.69) is 10.2 Å². The van der Waals surface area contributed by atoms with Crippen LogP contribution >= 0.6 is 12.4 Å². The maximum absolute atomic E-state index is 13.0. The summed E-state index contributed by atoms with van der Waals surface area (Å²) < 4.78 is 5.78. The zero-order chi connectivity index (χ0) is 23.2. The van der Waals surface area contributed by atoms with E-state index < -0.39 is 11.9 Å². The molecule has 1 amide bonds. The second-order valence-corrected chi connectivity index (χ2v) is 7.96. The number of carbonyl (C=O) groups excluding carboxylic acids is 1. The Bertz CT molecular complexity index is 1150. The number of carboxylic acids is 1. The number of likely N-dealkylation sites (tertiary alicyclic amines) is 1. The average Bonchev–Trinajstić information content (AvgIpc) is 3.34. The Labute approximate surface area is 204 Å². The maximum Gasteiger partial charge on any atom is 0.337 e. The lowest BCUT2D eigenvalue weighted by molar-refractivity contribution is 0.0698. The highest BCUT2D eigenvalue weighted by Crippen LogP contribution is 2.28. The van der Waals surface area contributed by atoms with Gasteiger partial charge in [-0.3, -0.25) is 9.69 Å². The molecule has 3 aromatic rings. The SMILES string of the molecule is Cl.O=C(Nc1cc(-c2ccccc2)ccc1C(=O)O)c1cc(OCCN2CCCC2)ccc1O. The van der Waals surface area contributed by atoms with Gasteiger partial charge in [-0.15, -0.1) is 12.4 Å². The number of aromatic carboxylic acids is 1. The third kappa shape index (κ3) is 6.07. The predicted molar refractivity (Wildman–Crippen MR) is 133 cm³/mol. The predicted octanol–water partition coefficient (Wildman–Crippen LogP) is 4.91. The first kappa shape index (κ1) is 25.1. The quantitative estimate of drug-likeness (QED) is 0.422. The van der Waals surface area contributed by atoms with Gasteiger partial charge in [0.1, 0.15) is 18.1 Å². The molecular weight excluding hydrogens is 456 g/mol. The molecule has 1 heterocycles. The van der Waals surface area contributed by atoms with Gasteiger partial charge in [0.15, 0.2) is 0 Å². The molecule has 4 rings (SSSR count). The number of carbonyl (C=O) groups is 2. The molecule has 1 aliphatic heterocycles. The van der Waals surface area contributed by atoms with Crippen molar-refractivity contribution in [3.63, 3.8) is 0 Å². The van der Waals surface area contributed by atoms with Crippen molar-refractivity contribution in [1.29, 1.82) is 0 Å². The second-order valence-electron chi connectivity index (χ2n) is 7.96. The standard InChI is InChI=1S/C26H26N2O5.ClH/c29-24-11-9-20(33-15-14-28-12-4-5-13-28)17-22(24)25(30)27-23-16-19(8-10-21(23)26(31)32)18-6-2-1-3-7-18;/h1-3,6-11,16-17,29H,4-5,12-15H2,(H,27,30)(H,31,32);1H. The first-order chi connectivity index (χ1) is 16.0. The molecule has 0 aromatic heterocycles. The highest BCUT2D eigenvalue weighted by Gasteiger charge is 2.18. The van der Waals surface area contributed by atoms with Crippen LogP contribution in [0.15, 0.2) is 66.7 Å². The molecular formula is C26H27ClN2O5. The molecule has 0 spiro atoms. The van der Waals surface area contributed by atoms with Crippen LogP contribution in [0.5, 0.6) is 11.5 Å². The van der Waals surface area contributed by atoms with Crippen LogP contribution in [-0.2, 0) is 0 Å². The highest BCUT2D eigenvalue weighted by molar-refractivity contribution is 6.09. The van der Waals surface area contributed by atoms with Crippen LogP contribution in [0.2, 0.25) is 0 Å². The number of hydrogen-bond acceptors (Lipinski definition) is 5. The average molecular weight is 483 g/mol. The summed E-state index contributed by atoms with van der Waals surface area (Å²) in [6.07, 6.45) is 2.40. The van der Waals surface area contributed by atoms with Gasteiger partial charge in [0, 0.05) is 6.54 Å². The van der Waals surface area contributed by atoms with Crippen molar-refractivity contribution >= 4 is 30.0 Å². The summed E-state index contributed by atoms with van der Waals surface area (Å²) in [4.78, 5) is 27.0. The van der Waals surface area contributed by atoms with Crippen molar-refractivity contribution in [2.24, 2.45) is 0 Å².